The largest absolute Gasteiger partial charge is 0.103 e. The average molecular weight is 290 g/mol. The van der Waals surface area contributed by atoms with Gasteiger partial charge in [0.15, 0.2) is 0 Å². The minimum absolute atomic E-state index is 0.736. The van der Waals surface area contributed by atoms with Gasteiger partial charge in [-0.1, -0.05) is 73.6 Å². The molecule has 0 aromatic rings. The fourth-order valence-corrected chi connectivity index (χ4v) is 1.42. The molecule has 0 heteroatoms. The van der Waals surface area contributed by atoms with Crippen LogP contribution in [0.15, 0.2) is 98.2 Å². The topological polar surface area (TPSA) is 0 Å². The predicted octanol–water partition coefficient (Wildman–Crippen LogP) is 6.26. The summed E-state index contributed by atoms with van der Waals surface area (Å²) in [6.07, 6.45) is 15.1. The first kappa shape index (κ1) is 19.5. The lowest BCUT2D eigenvalue weighted by Gasteiger charge is -1.95. The van der Waals surface area contributed by atoms with Crippen molar-refractivity contribution in [2.75, 3.05) is 0 Å². The van der Waals surface area contributed by atoms with Crippen LogP contribution in [0.4, 0.5) is 0 Å². The molecule has 0 heterocycles. The molecule has 0 nitrogen and oxygen atoms in total. The molecule has 114 valence electrons. The third kappa shape index (κ3) is 11.3. The molecule has 0 spiro atoms. The lowest BCUT2D eigenvalue weighted by atomic mass is 10.1. The lowest BCUT2D eigenvalue weighted by molar-refractivity contribution is 1.02. The van der Waals surface area contributed by atoms with E-state index < -0.39 is 0 Å². The van der Waals surface area contributed by atoms with Crippen molar-refractivity contribution in [3.05, 3.63) is 98.2 Å². The quantitative estimate of drug-likeness (QED) is 0.253. The van der Waals surface area contributed by atoms with E-state index >= 15 is 0 Å². The Morgan fingerprint density at radius 1 is 0.636 bits per heavy atom. The van der Waals surface area contributed by atoms with Gasteiger partial charge in [-0.05, 0) is 37.8 Å². The number of allylic oxidation sites excluding steroid dienone is 10. The molecule has 0 bridgehead atoms. The zero-order valence-electron chi connectivity index (χ0n) is 13.5. The molecule has 0 saturated heterocycles. The molecule has 22 heavy (non-hydrogen) atoms. The second-order valence-electron chi connectivity index (χ2n) is 4.94. The van der Waals surface area contributed by atoms with Crippen molar-refractivity contribution in [1.82, 2.24) is 0 Å². The van der Waals surface area contributed by atoms with Crippen LogP contribution in [-0.2, 0) is 0 Å². The minimum Gasteiger partial charge on any atom is -0.103 e. The molecule has 0 aliphatic carbocycles. The van der Waals surface area contributed by atoms with Crippen LogP contribution in [0.5, 0.6) is 0 Å². The van der Waals surface area contributed by atoms with E-state index in [0.29, 0.717) is 0 Å². The van der Waals surface area contributed by atoms with Gasteiger partial charge in [-0.3, -0.25) is 0 Å². The summed E-state index contributed by atoms with van der Waals surface area (Å²) in [5.74, 6) is 5.94. The monoisotopic (exact) mass is 290 g/mol. The van der Waals surface area contributed by atoms with Gasteiger partial charge >= 0.3 is 0 Å². The highest BCUT2D eigenvalue weighted by Crippen LogP contribution is 2.07. The summed E-state index contributed by atoms with van der Waals surface area (Å²) in [5, 5.41) is 0. The molecule has 0 N–H and O–H groups in total. The van der Waals surface area contributed by atoms with E-state index in [2.05, 4.69) is 51.3 Å². The van der Waals surface area contributed by atoms with Crippen LogP contribution in [0, 0.1) is 11.8 Å². The zero-order chi connectivity index (χ0) is 16.8. The maximum Gasteiger partial charge on any atom is 0.0177 e. The minimum atomic E-state index is 0.736. The van der Waals surface area contributed by atoms with E-state index in [1.54, 1.807) is 0 Å². The Morgan fingerprint density at radius 3 is 1.32 bits per heavy atom. The molecule has 0 atom stereocenters. The van der Waals surface area contributed by atoms with Gasteiger partial charge in [-0.25, -0.2) is 0 Å². The van der Waals surface area contributed by atoms with Gasteiger partial charge in [-0.2, -0.15) is 0 Å². The summed E-state index contributed by atoms with van der Waals surface area (Å²) >= 11 is 0. The molecular weight excluding hydrogens is 264 g/mol. The van der Waals surface area contributed by atoms with E-state index in [1.807, 2.05) is 36.5 Å². The third-order valence-corrected chi connectivity index (χ3v) is 2.76. The second kappa shape index (κ2) is 12.2. The summed E-state index contributed by atoms with van der Waals surface area (Å²) in [6, 6.07) is 0. The van der Waals surface area contributed by atoms with E-state index in [0.717, 1.165) is 48.0 Å². The van der Waals surface area contributed by atoms with Gasteiger partial charge in [0.05, 0.1) is 0 Å². The highest BCUT2D eigenvalue weighted by molar-refractivity contribution is 5.46. The van der Waals surface area contributed by atoms with E-state index in [-0.39, 0.29) is 0 Å². The van der Waals surface area contributed by atoms with Crippen molar-refractivity contribution in [3.63, 3.8) is 0 Å². The summed E-state index contributed by atoms with van der Waals surface area (Å²) in [7, 11) is 0. The van der Waals surface area contributed by atoms with Gasteiger partial charge in [0.1, 0.15) is 0 Å². The summed E-state index contributed by atoms with van der Waals surface area (Å²) < 4.78 is 0. The fraction of sp³-hybridized carbons (Fsp3) is 0.182. The fourth-order valence-electron chi connectivity index (χ4n) is 1.42. The Labute approximate surface area is 136 Å². The molecule has 0 aliphatic heterocycles. The molecule has 0 fully saturated rings. The predicted molar refractivity (Wildman–Crippen MR) is 101 cm³/mol. The molecule has 0 amide bonds. The molecule has 0 aliphatic rings. The van der Waals surface area contributed by atoms with Gasteiger partial charge in [-0.15, -0.1) is 13.2 Å². The summed E-state index contributed by atoms with van der Waals surface area (Å²) in [6.45, 7) is 23.1. The van der Waals surface area contributed by atoms with E-state index in [1.165, 1.54) is 0 Å². The molecule has 0 radical (unpaired) electrons. The van der Waals surface area contributed by atoms with Gasteiger partial charge < -0.3 is 0 Å². The first-order chi connectivity index (χ1) is 10.5. The van der Waals surface area contributed by atoms with E-state index in [4.69, 9.17) is 0 Å². The molecule has 0 aromatic heterocycles. The van der Waals surface area contributed by atoms with Crippen LogP contribution in [0.3, 0.4) is 0 Å². The van der Waals surface area contributed by atoms with Crippen molar-refractivity contribution < 1.29 is 0 Å². The van der Waals surface area contributed by atoms with Crippen molar-refractivity contribution in [2.24, 2.45) is 0 Å². The Balaban J connectivity index is 4.36. The van der Waals surface area contributed by atoms with Crippen LogP contribution in [-0.4, -0.2) is 0 Å². The molecule has 0 rings (SSSR count). The van der Waals surface area contributed by atoms with Gasteiger partial charge in [0, 0.05) is 11.1 Å². The van der Waals surface area contributed by atoms with Crippen molar-refractivity contribution >= 4 is 0 Å². The van der Waals surface area contributed by atoms with Crippen LogP contribution in [0.25, 0.3) is 0 Å². The SMILES string of the molecule is C=CCCC(=C)/C=C\C(=C)C#CC(=C)/C=C\C(=C)CCC=C. The Morgan fingerprint density at radius 2 is 1.00 bits per heavy atom. The molecule has 0 aromatic carbocycles. The first-order valence-electron chi connectivity index (χ1n) is 7.33. The third-order valence-electron chi connectivity index (χ3n) is 2.76. The van der Waals surface area contributed by atoms with Crippen molar-refractivity contribution in [3.8, 4) is 11.8 Å². The highest BCUT2D eigenvalue weighted by Gasteiger charge is 1.89. The van der Waals surface area contributed by atoms with Crippen LogP contribution in [0.2, 0.25) is 0 Å². The standard InChI is InChI=1S/C22H26/c1-7-9-11-19(3)13-15-21(5)17-18-22(6)16-14-20(4)12-10-8-2/h7-8,13-16H,1-6,9-12H2/b15-13-,16-14-. The van der Waals surface area contributed by atoms with Crippen LogP contribution < -0.4 is 0 Å². The normalized spacial score (nSPS) is 10.0. The van der Waals surface area contributed by atoms with E-state index in [9.17, 15) is 0 Å². The van der Waals surface area contributed by atoms with Crippen molar-refractivity contribution in [2.45, 2.75) is 25.7 Å². The lowest BCUT2D eigenvalue weighted by Crippen LogP contribution is -1.77. The average Bonchev–Trinajstić information content (AvgIpc) is 2.52. The molecular formula is C22H26. The van der Waals surface area contributed by atoms with Crippen molar-refractivity contribution in [1.29, 1.82) is 0 Å². The number of rotatable bonds is 10. The highest BCUT2D eigenvalue weighted by atomic mass is 13.9. The Bertz CT molecular complexity index is 515. The van der Waals surface area contributed by atoms with Crippen LogP contribution >= 0.6 is 0 Å². The van der Waals surface area contributed by atoms with Crippen LogP contribution in [0.1, 0.15) is 25.7 Å². The smallest absolute Gasteiger partial charge is 0.0177 e. The summed E-state index contributed by atoms with van der Waals surface area (Å²) in [4.78, 5) is 0. The first-order valence-corrected chi connectivity index (χ1v) is 7.33. The Hall–Kier alpha value is -2.52. The Kier molecular flexibility index (Phi) is 10.8. The molecule has 0 unspecified atom stereocenters. The van der Waals surface area contributed by atoms with Gasteiger partial charge in [0.2, 0.25) is 0 Å². The molecule has 0 saturated carbocycles. The maximum absolute atomic E-state index is 3.96. The maximum atomic E-state index is 3.96. The number of hydrogen-bond donors (Lipinski definition) is 0. The van der Waals surface area contributed by atoms with Gasteiger partial charge in [0.25, 0.3) is 0 Å². The number of hydrogen-bond acceptors (Lipinski definition) is 0. The second-order valence-corrected chi connectivity index (χ2v) is 4.94. The summed E-state index contributed by atoms with van der Waals surface area (Å²) in [5.41, 5.74) is 3.56. The zero-order valence-corrected chi connectivity index (χ0v) is 13.5.